The molecule has 0 unspecified atom stereocenters. The number of hydrogen-bond donors (Lipinski definition) is 3. The van der Waals surface area contributed by atoms with Crippen LogP contribution in [0.4, 0.5) is 5.69 Å². The summed E-state index contributed by atoms with van der Waals surface area (Å²) < 4.78 is 6.13. The third-order valence-corrected chi connectivity index (χ3v) is 6.61. The van der Waals surface area contributed by atoms with Crippen LogP contribution in [0.1, 0.15) is 92.2 Å². The normalized spacial score (nSPS) is 14.7. The van der Waals surface area contributed by atoms with Gasteiger partial charge in [-0.15, -0.1) is 17.0 Å². The number of carbonyl (C=O) groups is 2. The van der Waals surface area contributed by atoms with Crippen LogP contribution in [0.15, 0.2) is 24.3 Å². The summed E-state index contributed by atoms with van der Waals surface area (Å²) in [5.74, 6) is 1.03. The maximum atomic E-state index is 13.5. The van der Waals surface area contributed by atoms with Crippen molar-refractivity contribution >= 4 is 40.2 Å². The van der Waals surface area contributed by atoms with E-state index in [-0.39, 0.29) is 40.6 Å². The van der Waals surface area contributed by atoms with Crippen molar-refractivity contribution in [3.8, 4) is 5.75 Å². The van der Waals surface area contributed by atoms with E-state index in [4.69, 9.17) is 20.9 Å². The van der Waals surface area contributed by atoms with Crippen molar-refractivity contribution in [3.63, 3.8) is 0 Å². The molecule has 8 nitrogen and oxygen atoms in total. The van der Waals surface area contributed by atoms with Gasteiger partial charge in [-0.1, -0.05) is 26.8 Å². The van der Waals surface area contributed by atoms with E-state index in [1.807, 2.05) is 12.1 Å². The molecule has 1 aromatic carbocycles. The summed E-state index contributed by atoms with van der Waals surface area (Å²) in [6.07, 6.45) is 3.95. The molecule has 4 N–H and O–H groups in total. The molecule has 1 aliphatic heterocycles. The van der Waals surface area contributed by atoms with E-state index < -0.39 is 0 Å². The molecule has 0 spiro atoms. The molecule has 1 fully saturated rings. The van der Waals surface area contributed by atoms with Gasteiger partial charge in [-0.2, -0.15) is 0 Å². The summed E-state index contributed by atoms with van der Waals surface area (Å²) in [4.78, 5) is 32.0. The SMILES string of the molecule is Br.CC(=O)Nc1cc(C(=O)CN2Cc3ccc(C4CC4)nc3C2=N)cc(C(C)(C)C)c1OCCCCN. The highest BCUT2D eigenvalue weighted by Crippen LogP contribution is 2.40. The maximum Gasteiger partial charge on any atom is 0.221 e. The quantitative estimate of drug-likeness (QED) is 0.274. The average molecular weight is 573 g/mol. The van der Waals surface area contributed by atoms with Crippen LogP contribution in [-0.2, 0) is 16.8 Å². The van der Waals surface area contributed by atoms with Gasteiger partial charge in [0.15, 0.2) is 5.78 Å². The zero-order chi connectivity index (χ0) is 26.0. The number of unbranched alkanes of at least 4 members (excludes halogenated alkanes) is 1. The van der Waals surface area contributed by atoms with Gasteiger partial charge in [0, 0.05) is 41.8 Å². The molecule has 0 atom stereocenters. The Hall–Kier alpha value is -2.78. The van der Waals surface area contributed by atoms with Crippen molar-refractivity contribution in [2.24, 2.45) is 5.73 Å². The minimum absolute atomic E-state index is 0. The molecule has 2 heterocycles. The number of nitrogens with zero attached hydrogens (tertiary/aromatic N) is 2. The smallest absolute Gasteiger partial charge is 0.221 e. The minimum Gasteiger partial charge on any atom is -0.491 e. The highest BCUT2D eigenvalue weighted by Gasteiger charge is 2.32. The third-order valence-electron chi connectivity index (χ3n) is 6.61. The van der Waals surface area contributed by atoms with E-state index in [1.54, 1.807) is 11.0 Å². The van der Waals surface area contributed by atoms with Crippen LogP contribution in [-0.4, -0.2) is 47.1 Å². The van der Waals surface area contributed by atoms with Gasteiger partial charge in [0.1, 0.15) is 17.3 Å². The molecule has 200 valence electrons. The number of ketones is 1. The molecule has 0 saturated heterocycles. The topological polar surface area (TPSA) is 121 Å². The molecule has 9 heteroatoms. The molecule has 2 aromatic rings. The van der Waals surface area contributed by atoms with Gasteiger partial charge in [0.25, 0.3) is 0 Å². The molecule has 1 amide bonds. The number of anilines is 1. The second-order valence-corrected chi connectivity index (χ2v) is 10.8. The Morgan fingerprint density at radius 1 is 1.22 bits per heavy atom. The lowest BCUT2D eigenvalue weighted by atomic mass is 9.84. The maximum absolute atomic E-state index is 13.5. The highest BCUT2D eigenvalue weighted by molar-refractivity contribution is 8.93. The van der Waals surface area contributed by atoms with Crippen LogP contribution in [0.5, 0.6) is 5.75 Å². The number of benzene rings is 1. The fourth-order valence-corrected chi connectivity index (χ4v) is 4.48. The Morgan fingerprint density at radius 2 is 1.95 bits per heavy atom. The third kappa shape index (κ3) is 6.76. The lowest BCUT2D eigenvalue weighted by Crippen LogP contribution is -2.31. The molecule has 37 heavy (non-hydrogen) atoms. The van der Waals surface area contributed by atoms with Crippen LogP contribution in [0.25, 0.3) is 0 Å². The molecule has 0 bridgehead atoms. The number of pyridine rings is 1. The first-order valence-corrected chi connectivity index (χ1v) is 12.7. The molecule has 1 aromatic heterocycles. The van der Waals surface area contributed by atoms with Crippen LogP contribution in [0.3, 0.4) is 0 Å². The van der Waals surface area contributed by atoms with Crippen molar-refractivity contribution < 1.29 is 14.3 Å². The Labute approximate surface area is 229 Å². The number of amides is 1. The lowest BCUT2D eigenvalue weighted by molar-refractivity contribution is -0.114. The predicted octanol–water partition coefficient (Wildman–Crippen LogP) is 4.93. The number of carbonyl (C=O) groups excluding carboxylic acids is 2. The van der Waals surface area contributed by atoms with Crippen molar-refractivity contribution in [2.75, 3.05) is 25.0 Å². The zero-order valence-corrected chi connectivity index (χ0v) is 23.9. The standard InChI is InChI=1S/C28H37N5O3.BrH/c1-17(34)31-23-14-20(13-21(28(2,3)4)26(23)36-12-6-5-11-29)24(35)16-33-15-19-9-10-22(18-7-8-18)32-25(19)27(33)30;/h9-10,13-14,18,30H,5-8,11-12,15-16,29H2,1-4H3,(H,31,34);1H. The van der Waals surface area contributed by atoms with Gasteiger partial charge in [0.05, 0.1) is 18.8 Å². The molecule has 4 rings (SSSR count). The Kier molecular flexibility index (Phi) is 9.13. The number of fused-ring (bicyclic) bond motifs is 1. The van der Waals surface area contributed by atoms with E-state index in [0.29, 0.717) is 54.1 Å². The molecule has 1 saturated carbocycles. The van der Waals surface area contributed by atoms with Crippen LogP contribution in [0.2, 0.25) is 0 Å². The molecule has 2 aliphatic rings. The van der Waals surface area contributed by atoms with E-state index in [2.05, 4.69) is 32.2 Å². The van der Waals surface area contributed by atoms with Crippen molar-refractivity contribution in [2.45, 2.75) is 71.3 Å². The van der Waals surface area contributed by atoms with Crippen molar-refractivity contribution in [1.29, 1.82) is 5.41 Å². The van der Waals surface area contributed by atoms with E-state index in [0.717, 1.165) is 42.5 Å². The summed E-state index contributed by atoms with van der Waals surface area (Å²) in [5, 5.41) is 11.5. The lowest BCUT2D eigenvalue weighted by Gasteiger charge is -2.26. The number of ether oxygens (including phenoxy) is 1. The fourth-order valence-electron chi connectivity index (χ4n) is 4.48. The predicted molar refractivity (Wildman–Crippen MR) is 151 cm³/mol. The number of nitrogens with one attached hydrogen (secondary N) is 2. The van der Waals surface area contributed by atoms with Crippen LogP contribution in [0, 0.1) is 5.41 Å². The first-order valence-electron chi connectivity index (χ1n) is 12.7. The van der Waals surface area contributed by atoms with E-state index in [1.165, 1.54) is 6.92 Å². The number of nitrogens with two attached hydrogens (primary N) is 1. The first-order chi connectivity index (χ1) is 17.1. The fraction of sp³-hybridized carbons (Fsp3) is 0.500. The van der Waals surface area contributed by atoms with Gasteiger partial charge in [-0.25, -0.2) is 4.98 Å². The van der Waals surface area contributed by atoms with Gasteiger partial charge in [-0.3, -0.25) is 15.0 Å². The number of amidine groups is 1. The summed E-state index contributed by atoms with van der Waals surface area (Å²) >= 11 is 0. The Balaban J connectivity index is 0.00000380. The van der Waals surface area contributed by atoms with Crippen LogP contribution >= 0.6 is 17.0 Å². The molecular weight excluding hydrogens is 534 g/mol. The van der Waals surface area contributed by atoms with Gasteiger partial charge < -0.3 is 20.7 Å². The second kappa shape index (κ2) is 11.7. The highest BCUT2D eigenvalue weighted by atomic mass is 79.9. The minimum atomic E-state index is -0.327. The summed E-state index contributed by atoms with van der Waals surface area (Å²) in [5.41, 5.74) is 9.81. The molecule has 0 radical (unpaired) electrons. The summed E-state index contributed by atoms with van der Waals surface area (Å²) in [6, 6.07) is 7.64. The average Bonchev–Trinajstić information content (AvgIpc) is 3.61. The van der Waals surface area contributed by atoms with E-state index >= 15 is 0 Å². The number of halogens is 1. The Morgan fingerprint density at radius 3 is 2.57 bits per heavy atom. The Bertz CT molecular complexity index is 1190. The monoisotopic (exact) mass is 571 g/mol. The van der Waals surface area contributed by atoms with E-state index in [9.17, 15) is 9.59 Å². The number of Topliss-reactive ketones (excluding diaryl/α,β-unsaturated/α-hetero) is 1. The molecule has 1 aliphatic carbocycles. The zero-order valence-electron chi connectivity index (χ0n) is 22.1. The number of aromatic nitrogens is 1. The summed E-state index contributed by atoms with van der Waals surface area (Å²) in [7, 11) is 0. The number of hydrogen-bond acceptors (Lipinski definition) is 6. The van der Waals surface area contributed by atoms with Crippen LogP contribution < -0.4 is 15.8 Å². The van der Waals surface area contributed by atoms with Crippen molar-refractivity contribution in [3.05, 3.63) is 52.3 Å². The van der Waals surface area contributed by atoms with Gasteiger partial charge in [0.2, 0.25) is 5.91 Å². The first kappa shape index (κ1) is 28.8. The van der Waals surface area contributed by atoms with Crippen molar-refractivity contribution in [1.82, 2.24) is 9.88 Å². The van der Waals surface area contributed by atoms with Gasteiger partial charge >= 0.3 is 0 Å². The summed E-state index contributed by atoms with van der Waals surface area (Å²) in [6.45, 7) is 9.21. The second-order valence-electron chi connectivity index (χ2n) is 10.8. The largest absolute Gasteiger partial charge is 0.491 e. The number of rotatable bonds is 10. The molecular formula is C28H38BrN5O3. The van der Waals surface area contributed by atoms with Gasteiger partial charge in [-0.05, 0) is 55.8 Å².